The molecular formula is C20H19ClN2O2S. The number of carbonyl (C=O) groups excluding carboxylic acids is 2. The summed E-state index contributed by atoms with van der Waals surface area (Å²) in [4.78, 5) is 27.0. The molecule has 4 nitrogen and oxygen atoms in total. The second kappa shape index (κ2) is 6.63. The van der Waals surface area contributed by atoms with Gasteiger partial charge >= 0.3 is 0 Å². The lowest BCUT2D eigenvalue weighted by atomic mass is 10.0. The quantitative estimate of drug-likeness (QED) is 0.860. The summed E-state index contributed by atoms with van der Waals surface area (Å²) < 4.78 is 0. The van der Waals surface area contributed by atoms with Crippen LogP contribution in [0.1, 0.15) is 24.0 Å². The lowest BCUT2D eigenvalue weighted by Crippen LogP contribution is -2.48. The van der Waals surface area contributed by atoms with Crippen LogP contribution in [0.2, 0.25) is 5.02 Å². The van der Waals surface area contributed by atoms with E-state index in [0.717, 1.165) is 17.5 Å². The summed E-state index contributed by atoms with van der Waals surface area (Å²) in [5.74, 6) is 0.476. The Morgan fingerprint density at radius 1 is 1.27 bits per heavy atom. The molecule has 2 aromatic rings. The van der Waals surface area contributed by atoms with Crippen molar-refractivity contribution < 1.29 is 9.59 Å². The van der Waals surface area contributed by atoms with Gasteiger partial charge in [-0.3, -0.25) is 9.59 Å². The van der Waals surface area contributed by atoms with E-state index in [2.05, 4.69) is 5.32 Å². The van der Waals surface area contributed by atoms with E-state index in [-0.39, 0.29) is 11.8 Å². The van der Waals surface area contributed by atoms with Crippen LogP contribution in [0.4, 0.5) is 5.69 Å². The smallest absolute Gasteiger partial charge is 0.248 e. The maximum absolute atomic E-state index is 13.0. The number of hydrogen-bond donors (Lipinski definition) is 1. The summed E-state index contributed by atoms with van der Waals surface area (Å²) >= 11 is 7.74. The molecule has 2 aliphatic heterocycles. The van der Waals surface area contributed by atoms with Crippen molar-refractivity contribution in [2.24, 2.45) is 0 Å². The first kappa shape index (κ1) is 17.4. The molecule has 2 atom stereocenters. The minimum atomic E-state index is -0.478. The first-order chi connectivity index (χ1) is 12.5. The molecule has 1 N–H and O–H groups in total. The van der Waals surface area contributed by atoms with Crippen LogP contribution in [0, 0.1) is 6.92 Å². The van der Waals surface area contributed by atoms with Crippen LogP contribution >= 0.6 is 23.4 Å². The predicted octanol–water partition coefficient (Wildman–Crippen LogP) is 4.18. The number of halogens is 1. The molecule has 0 radical (unpaired) electrons. The first-order valence-electron chi connectivity index (χ1n) is 8.60. The van der Waals surface area contributed by atoms with Crippen molar-refractivity contribution in [3.05, 3.63) is 64.7 Å². The highest BCUT2D eigenvalue weighted by molar-refractivity contribution is 8.00. The van der Waals surface area contributed by atoms with Gasteiger partial charge in [0.05, 0.1) is 0 Å². The number of carbonyl (C=O) groups is 2. The molecule has 2 aromatic carbocycles. The zero-order valence-corrected chi connectivity index (χ0v) is 15.9. The maximum atomic E-state index is 13.0. The summed E-state index contributed by atoms with van der Waals surface area (Å²) in [6, 6.07) is 14.9. The van der Waals surface area contributed by atoms with E-state index in [4.69, 9.17) is 11.6 Å². The largest absolute Gasteiger partial charge is 0.324 e. The van der Waals surface area contributed by atoms with E-state index in [0.29, 0.717) is 22.9 Å². The predicted molar refractivity (Wildman–Crippen MR) is 105 cm³/mol. The fraction of sp³-hybridized carbons (Fsp3) is 0.300. The van der Waals surface area contributed by atoms with Gasteiger partial charge in [-0.1, -0.05) is 48.0 Å². The van der Waals surface area contributed by atoms with Crippen molar-refractivity contribution in [3.8, 4) is 0 Å². The van der Waals surface area contributed by atoms with Gasteiger partial charge in [0.2, 0.25) is 11.8 Å². The molecule has 4 rings (SSSR count). The Hall–Kier alpha value is -1.98. The van der Waals surface area contributed by atoms with Crippen molar-refractivity contribution in [3.63, 3.8) is 0 Å². The number of benzene rings is 2. The van der Waals surface area contributed by atoms with E-state index >= 15 is 0 Å². The van der Waals surface area contributed by atoms with Crippen LogP contribution in [-0.4, -0.2) is 28.5 Å². The van der Waals surface area contributed by atoms with Crippen molar-refractivity contribution >= 4 is 40.9 Å². The van der Waals surface area contributed by atoms with Crippen molar-refractivity contribution in [2.75, 3.05) is 11.1 Å². The molecule has 0 unspecified atom stereocenters. The SMILES string of the molecule is Cc1ccc(Cl)cc1NC(=O)[C@@H]1CS[C@]2(c3ccccc3)CCC(=O)N12. The van der Waals surface area contributed by atoms with Gasteiger partial charge < -0.3 is 10.2 Å². The Labute approximate surface area is 161 Å². The van der Waals surface area contributed by atoms with Crippen LogP contribution in [0.25, 0.3) is 0 Å². The molecule has 2 aliphatic rings. The molecule has 134 valence electrons. The number of anilines is 1. The molecule has 2 amide bonds. The number of thioether (sulfide) groups is 1. The molecule has 0 saturated carbocycles. The maximum Gasteiger partial charge on any atom is 0.248 e. The van der Waals surface area contributed by atoms with Crippen molar-refractivity contribution in [2.45, 2.75) is 30.7 Å². The number of rotatable bonds is 3. The third-order valence-electron chi connectivity index (χ3n) is 5.11. The van der Waals surface area contributed by atoms with Gasteiger partial charge in [0.15, 0.2) is 0 Å². The van der Waals surface area contributed by atoms with Gasteiger partial charge in [-0.05, 0) is 36.6 Å². The zero-order valence-electron chi connectivity index (χ0n) is 14.4. The number of fused-ring (bicyclic) bond motifs is 1. The molecule has 2 heterocycles. The monoisotopic (exact) mass is 386 g/mol. The Balaban J connectivity index is 1.63. The van der Waals surface area contributed by atoms with E-state index in [1.807, 2.05) is 43.3 Å². The highest BCUT2D eigenvalue weighted by atomic mass is 35.5. The highest BCUT2D eigenvalue weighted by Gasteiger charge is 2.56. The van der Waals surface area contributed by atoms with Crippen molar-refractivity contribution in [1.29, 1.82) is 0 Å². The Morgan fingerprint density at radius 2 is 2.04 bits per heavy atom. The van der Waals surface area contributed by atoms with Crippen LogP contribution in [0.5, 0.6) is 0 Å². The molecule has 6 heteroatoms. The number of hydrogen-bond acceptors (Lipinski definition) is 3. The molecule has 0 spiro atoms. The Morgan fingerprint density at radius 3 is 2.81 bits per heavy atom. The minimum Gasteiger partial charge on any atom is -0.324 e. The average molecular weight is 387 g/mol. The molecular weight excluding hydrogens is 368 g/mol. The summed E-state index contributed by atoms with van der Waals surface area (Å²) in [5, 5.41) is 3.54. The third-order valence-corrected chi connectivity index (χ3v) is 6.94. The van der Waals surface area contributed by atoms with Gasteiger partial charge in [-0.15, -0.1) is 11.8 Å². The lowest BCUT2D eigenvalue weighted by Gasteiger charge is -2.34. The van der Waals surface area contributed by atoms with Crippen LogP contribution < -0.4 is 5.32 Å². The highest BCUT2D eigenvalue weighted by Crippen LogP contribution is 2.54. The normalized spacial score (nSPS) is 24.6. The topological polar surface area (TPSA) is 49.4 Å². The van der Waals surface area contributed by atoms with E-state index in [1.165, 1.54) is 0 Å². The third kappa shape index (κ3) is 2.79. The van der Waals surface area contributed by atoms with E-state index < -0.39 is 10.9 Å². The summed E-state index contributed by atoms with van der Waals surface area (Å²) in [7, 11) is 0. The molecule has 2 saturated heterocycles. The van der Waals surface area contributed by atoms with Crippen LogP contribution in [0.15, 0.2) is 48.5 Å². The van der Waals surface area contributed by atoms with Crippen LogP contribution in [0.3, 0.4) is 0 Å². The van der Waals surface area contributed by atoms with E-state index in [1.54, 1.807) is 28.8 Å². The van der Waals surface area contributed by atoms with Gasteiger partial charge in [-0.2, -0.15) is 0 Å². The summed E-state index contributed by atoms with van der Waals surface area (Å²) in [6.45, 7) is 1.92. The minimum absolute atomic E-state index is 0.0434. The fourth-order valence-electron chi connectivity index (χ4n) is 3.78. The Kier molecular flexibility index (Phi) is 4.45. The molecule has 0 aromatic heterocycles. The van der Waals surface area contributed by atoms with Crippen LogP contribution in [-0.2, 0) is 14.5 Å². The fourth-order valence-corrected chi connectivity index (χ4v) is 5.60. The second-order valence-corrected chi connectivity index (χ2v) is 8.42. The number of amides is 2. The summed E-state index contributed by atoms with van der Waals surface area (Å²) in [6.07, 6.45) is 1.21. The number of nitrogens with zero attached hydrogens (tertiary/aromatic N) is 1. The van der Waals surface area contributed by atoms with Gasteiger partial charge in [0.1, 0.15) is 10.9 Å². The lowest BCUT2D eigenvalue weighted by molar-refractivity contribution is -0.136. The Bertz CT molecular complexity index is 873. The van der Waals surface area contributed by atoms with Gasteiger partial charge in [-0.25, -0.2) is 0 Å². The standard InChI is InChI=1S/C20H19ClN2O2S/c1-13-7-8-15(21)11-16(13)22-19(25)17-12-26-20(10-9-18(24)23(17)20)14-5-3-2-4-6-14/h2-8,11,17H,9-10,12H2,1H3,(H,22,25)/t17-,20-/m0/s1. The zero-order chi connectivity index (χ0) is 18.3. The number of nitrogens with one attached hydrogen (secondary N) is 1. The van der Waals surface area contributed by atoms with Crippen molar-refractivity contribution in [1.82, 2.24) is 4.90 Å². The molecule has 2 fully saturated rings. The molecule has 0 aliphatic carbocycles. The van der Waals surface area contributed by atoms with E-state index in [9.17, 15) is 9.59 Å². The van der Waals surface area contributed by atoms with Gasteiger partial charge in [0, 0.05) is 22.9 Å². The van der Waals surface area contributed by atoms with Gasteiger partial charge in [0.25, 0.3) is 0 Å². The molecule has 26 heavy (non-hydrogen) atoms. The molecule has 0 bridgehead atoms. The second-order valence-electron chi connectivity index (χ2n) is 6.69. The average Bonchev–Trinajstić information content (AvgIpc) is 3.18. The first-order valence-corrected chi connectivity index (χ1v) is 9.96. The summed E-state index contributed by atoms with van der Waals surface area (Å²) in [5.41, 5.74) is 2.72. The number of aryl methyl sites for hydroxylation is 1.